The van der Waals surface area contributed by atoms with Crippen LogP contribution < -0.4 is 24.8 Å². The summed E-state index contributed by atoms with van der Waals surface area (Å²) in [6.45, 7) is 3.70. The van der Waals surface area contributed by atoms with Crippen molar-refractivity contribution >= 4 is 17.5 Å². The molecule has 1 aliphatic heterocycles. The van der Waals surface area contributed by atoms with Crippen LogP contribution in [0.25, 0.3) is 0 Å². The van der Waals surface area contributed by atoms with Crippen molar-refractivity contribution in [1.29, 1.82) is 0 Å². The van der Waals surface area contributed by atoms with Gasteiger partial charge in [0.15, 0.2) is 17.6 Å². The minimum Gasteiger partial charge on any atom is -0.481 e. The summed E-state index contributed by atoms with van der Waals surface area (Å²) < 4.78 is 16.2. The van der Waals surface area contributed by atoms with E-state index < -0.39 is 6.10 Å². The molecule has 0 spiro atoms. The molecule has 2 N–H and O–H groups in total. The maximum absolute atomic E-state index is 12.2. The lowest BCUT2D eigenvalue weighted by molar-refractivity contribution is -0.127. The third kappa shape index (κ3) is 4.44. The van der Waals surface area contributed by atoms with Gasteiger partial charge in [0.1, 0.15) is 5.75 Å². The van der Waals surface area contributed by atoms with E-state index in [0.717, 1.165) is 5.56 Å². The molecule has 2 aromatic carbocycles. The summed E-state index contributed by atoms with van der Waals surface area (Å²) in [4.78, 5) is 23.2. The number of hydrogen-bond donors (Lipinski definition) is 2. The third-order valence-electron chi connectivity index (χ3n) is 3.76. The minimum absolute atomic E-state index is 0.144. The lowest BCUT2D eigenvalue weighted by Crippen LogP contribution is -2.35. The van der Waals surface area contributed by atoms with E-state index in [-0.39, 0.29) is 18.6 Å². The van der Waals surface area contributed by atoms with Crippen molar-refractivity contribution in [2.45, 2.75) is 26.5 Å². The molecule has 0 aliphatic carbocycles. The fourth-order valence-electron chi connectivity index (χ4n) is 2.46. The van der Waals surface area contributed by atoms with E-state index in [1.165, 1.54) is 6.92 Å². The van der Waals surface area contributed by atoms with Crippen LogP contribution in [0.3, 0.4) is 0 Å². The fraction of sp³-hybridized carbons (Fsp3) is 0.263. The van der Waals surface area contributed by atoms with Gasteiger partial charge in [-0.1, -0.05) is 6.07 Å². The molecule has 7 nitrogen and oxygen atoms in total. The van der Waals surface area contributed by atoms with E-state index in [1.54, 1.807) is 31.2 Å². The Kier molecular flexibility index (Phi) is 5.26. The van der Waals surface area contributed by atoms with Gasteiger partial charge in [-0.25, -0.2) is 0 Å². The molecular weight excluding hydrogens is 336 g/mol. The molecule has 0 saturated carbocycles. The Morgan fingerprint density at radius 2 is 1.85 bits per heavy atom. The standard InChI is InChI=1S/C19H20N2O5/c1-12(26-16-6-4-15(5-7-16)21-13(2)22)19(23)20-10-14-3-8-17-18(9-14)25-11-24-17/h3-9,12H,10-11H2,1-2H3,(H,20,23)(H,21,22). The minimum atomic E-state index is -0.657. The summed E-state index contributed by atoms with van der Waals surface area (Å²) in [6.07, 6.45) is -0.657. The monoisotopic (exact) mass is 356 g/mol. The summed E-state index contributed by atoms with van der Waals surface area (Å²) in [6, 6.07) is 12.4. The van der Waals surface area contributed by atoms with E-state index in [4.69, 9.17) is 14.2 Å². The van der Waals surface area contributed by atoms with Crippen molar-refractivity contribution in [3.05, 3.63) is 48.0 Å². The second-order valence-corrected chi connectivity index (χ2v) is 5.87. The van der Waals surface area contributed by atoms with Gasteiger partial charge in [-0.15, -0.1) is 0 Å². The first-order valence-corrected chi connectivity index (χ1v) is 8.22. The van der Waals surface area contributed by atoms with Crippen molar-refractivity contribution in [2.75, 3.05) is 12.1 Å². The molecule has 7 heteroatoms. The zero-order chi connectivity index (χ0) is 18.5. The van der Waals surface area contributed by atoms with Crippen LogP contribution in [0, 0.1) is 0 Å². The van der Waals surface area contributed by atoms with Gasteiger partial charge in [-0.3, -0.25) is 9.59 Å². The molecule has 0 saturated heterocycles. The second kappa shape index (κ2) is 7.77. The SMILES string of the molecule is CC(=O)Nc1ccc(OC(C)C(=O)NCc2ccc3c(c2)OCO3)cc1. The fourth-order valence-corrected chi connectivity index (χ4v) is 2.46. The maximum Gasteiger partial charge on any atom is 0.261 e. The van der Waals surface area contributed by atoms with Crippen LogP contribution in [0.4, 0.5) is 5.69 Å². The number of benzene rings is 2. The summed E-state index contributed by atoms with van der Waals surface area (Å²) in [5.74, 6) is 1.56. The predicted molar refractivity (Wildman–Crippen MR) is 95.2 cm³/mol. The van der Waals surface area contributed by atoms with Crippen LogP contribution in [0.15, 0.2) is 42.5 Å². The predicted octanol–water partition coefficient (Wildman–Crippen LogP) is 2.46. The molecule has 1 aliphatic rings. The molecule has 26 heavy (non-hydrogen) atoms. The van der Waals surface area contributed by atoms with Crippen molar-refractivity contribution in [2.24, 2.45) is 0 Å². The molecule has 0 fully saturated rings. The average molecular weight is 356 g/mol. The highest BCUT2D eigenvalue weighted by molar-refractivity contribution is 5.88. The number of ether oxygens (including phenoxy) is 3. The number of nitrogens with one attached hydrogen (secondary N) is 2. The van der Waals surface area contributed by atoms with Crippen molar-refractivity contribution in [3.8, 4) is 17.2 Å². The van der Waals surface area contributed by atoms with Crippen molar-refractivity contribution in [3.63, 3.8) is 0 Å². The van der Waals surface area contributed by atoms with Crippen LogP contribution in [-0.4, -0.2) is 24.7 Å². The largest absolute Gasteiger partial charge is 0.481 e. The van der Waals surface area contributed by atoms with Gasteiger partial charge in [0.25, 0.3) is 5.91 Å². The van der Waals surface area contributed by atoms with Gasteiger partial charge in [-0.05, 0) is 48.9 Å². The van der Waals surface area contributed by atoms with Crippen LogP contribution >= 0.6 is 0 Å². The molecule has 0 bridgehead atoms. The molecular formula is C19H20N2O5. The van der Waals surface area contributed by atoms with E-state index in [1.807, 2.05) is 18.2 Å². The molecule has 1 atom stereocenters. The molecule has 1 heterocycles. The highest BCUT2D eigenvalue weighted by atomic mass is 16.7. The smallest absolute Gasteiger partial charge is 0.261 e. The summed E-state index contributed by atoms with van der Waals surface area (Å²) in [5, 5.41) is 5.50. The summed E-state index contributed by atoms with van der Waals surface area (Å²) >= 11 is 0. The number of anilines is 1. The first kappa shape index (κ1) is 17.6. The van der Waals surface area contributed by atoms with Gasteiger partial charge in [-0.2, -0.15) is 0 Å². The highest BCUT2D eigenvalue weighted by Gasteiger charge is 2.16. The lowest BCUT2D eigenvalue weighted by atomic mass is 10.2. The first-order valence-electron chi connectivity index (χ1n) is 8.22. The highest BCUT2D eigenvalue weighted by Crippen LogP contribution is 2.32. The second-order valence-electron chi connectivity index (χ2n) is 5.87. The molecule has 1 unspecified atom stereocenters. The Morgan fingerprint density at radius 3 is 2.58 bits per heavy atom. The van der Waals surface area contributed by atoms with E-state index >= 15 is 0 Å². The number of rotatable bonds is 6. The van der Waals surface area contributed by atoms with E-state index in [0.29, 0.717) is 29.5 Å². The van der Waals surface area contributed by atoms with Gasteiger partial charge >= 0.3 is 0 Å². The third-order valence-corrected chi connectivity index (χ3v) is 3.76. The van der Waals surface area contributed by atoms with Gasteiger partial charge in [0.2, 0.25) is 12.7 Å². The molecule has 3 rings (SSSR count). The van der Waals surface area contributed by atoms with Crippen molar-refractivity contribution < 1.29 is 23.8 Å². The zero-order valence-corrected chi connectivity index (χ0v) is 14.6. The first-order chi connectivity index (χ1) is 12.5. The zero-order valence-electron chi connectivity index (χ0n) is 14.6. The normalized spacial score (nSPS) is 13.0. The number of carbonyl (C=O) groups is 2. The topological polar surface area (TPSA) is 85.9 Å². The van der Waals surface area contributed by atoms with Gasteiger partial charge in [0.05, 0.1) is 0 Å². The average Bonchev–Trinajstić information content (AvgIpc) is 3.08. The molecule has 2 aromatic rings. The Hall–Kier alpha value is -3.22. The van der Waals surface area contributed by atoms with Crippen LogP contribution in [0.1, 0.15) is 19.4 Å². The lowest BCUT2D eigenvalue weighted by Gasteiger charge is -2.15. The number of fused-ring (bicyclic) bond motifs is 1. The van der Waals surface area contributed by atoms with Gasteiger partial charge in [0, 0.05) is 19.2 Å². The van der Waals surface area contributed by atoms with Gasteiger partial charge < -0.3 is 24.8 Å². The number of carbonyl (C=O) groups excluding carboxylic acids is 2. The maximum atomic E-state index is 12.2. The Balaban J connectivity index is 1.50. The molecule has 2 amide bonds. The number of amides is 2. The summed E-state index contributed by atoms with van der Waals surface area (Å²) in [5.41, 5.74) is 1.58. The van der Waals surface area contributed by atoms with Crippen LogP contribution in [0.2, 0.25) is 0 Å². The number of hydrogen-bond acceptors (Lipinski definition) is 5. The van der Waals surface area contributed by atoms with Crippen LogP contribution in [0.5, 0.6) is 17.2 Å². The van der Waals surface area contributed by atoms with E-state index in [9.17, 15) is 9.59 Å². The Morgan fingerprint density at radius 1 is 1.12 bits per heavy atom. The molecule has 0 radical (unpaired) electrons. The Labute approximate surface area is 151 Å². The van der Waals surface area contributed by atoms with E-state index in [2.05, 4.69) is 10.6 Å². The quantitative estimate of drug-likeness (QED) is 0.830. The molecule has 0 aromatic heterocycles. The van der Waals surface area contributed by atoms with Crippen LogP contribution in [-0.2, 0) is 16.1 Å². The summed E-state index contributed by atoms with van der Waals surface area (Å²) in [7, 11) is 0. The Bertz CT molecular complexity index is 804. The van der Waals surface area contributed by atoms with Crippen molar-refractivity contribution in [1.82, 2.24) is 5.32 Å². The molecule has 136 valence electrons.